The summed E-state index contributed by atoms with van der Waals surface area (Å²) in [4.78, 5) is 26.0. The van der Waals surface area contributed by atoms with Crippen LogP contribution < -0.4 is 19.7 Å². The van der Waals surface area contributed by atoms with E-state index in [0.29, 0.717) is 66.2 Å². The van der Waals surface area contributed by atoms with Crippen molar-refractivity contribution in [3.63, 3.8) is 0 Å². The van der Waals surface area contributed by atoms with E-state index in [4.69, 9.17) is 14.8 Å². The number of aromatic nitrogens is 4. The van der Waals surface area contributed by atoms with E-state index >= 15 is 0 Å². The minimum Gasteiger partial charge on any atom is -0.477 e. The average Bonchev–Trinajstić information content (AvgIpc) is 4.06. The summed E-state index contributed by atoms with van der Waals surface area (Å²) in [5.41, 5.74) is 2.91. The van der Waals surface area contributed by atoms with Crippen LogP contribution in [0, 0.1) is 22.7 Å². The second-order valence-corrected chi connectivity index (χ2v) is 17.6. The molecule has 9 rings (SSSR count). The fourth-order valence-corrected chi connectivity index (χ4v) is 10.6. The number of hydrogen-bond donors (Lipinski definition) is 2. The predicted molar refractivity (Wildman–Crippen MR) is 194 cm³/mol. The Bertz CT molecular complexity index is 2090. The smallest absolute Gasteiger partial charge is 0.281 e. The fraction of sp³-hybridized carbons (Fsp3) is 0.487. The van der Waals surface area contributed by atoms with E-state index in [9.17, 15) is 13.2 Å². The van der Waals surface area contributed by atoms with Gasteiger partial charge in [0, 0.05) is 42.9 Å². The van der Waals surface area contributed by atoms with Crippen LogP contribution in [0.5, 0.6) is 5.88 Å². The number of carbonyl (C=O) groups is 1. The number of benzene rings is 1. The van der Waals surface area contributed by atoms with Crippen molar-refractivity contribution >= 4 is 27.6 Å². The van der Waals surface area contributed by atoms with Gasteiger partial charge in [-0.15, -0.1) is 5.10 Å². The highest BCUT2D eigenvalue weighted by atomic mass is 32.2. The molecule has 0 unspecified atom stereocenters. The van der Waals surface area contributed by atoms with Gasteiger partial charge in [0.1, 0.15) is 11.6 Å². The summed E-state index contributed by atoms with van der Waals surface area (Å²) in [6.07, 6.45) is 11.7. The van der Waals surface area contributed by atoms with Crippen molar-refractivity contribution in [2.75, 3.05) is 29.9 Å². The molecule has 3 aromatic heterocycles. The van der Waals surface area contributed by atoms with Crippen LogP contribution in [-0.2, 0) is 16.4 Å². The van der Waals surface area contributed by atoms with Gasteiger partial charge in [-0.05, 0) is 112 Å². The Kier molecular flexibility index (Phi) is 7.51. The third kappa shape index (κ3) is 5.75. The van der Waals surface area contributed by atoms with E-state index < -0.39 is 15.9 Å². The number of amides is 1. The number of ether oxygens (including phenoxy) is 1. The Morgan fingerprint density at radius 3 is 2.51 bits per heavy atom. The number of hydrogen-bond acceptors (Lipinski definition) is 9. The van der Waals surface area contributed by atoms with Gasteiger partial charge < -0.3 is 15.0 Å². The molecule has 4 fully saturated rings. The highest BCUT2D eigenvalue weighted by molar-refractivity contribution is 7.90. The number of anilines is 2. The Morgan fingerprint density at radius 2 is 1.75 bits per heavy atom. The molecule has 4 bridgehead atoms. The number of nitrogens with zero attached hydrogens (tertiary/aromatic N) is 5. The summed E-state index contributed by atoms with van der Waals surface area (Å²) >= 11 is 0. The average molecular weight is 708 g/mol. The summed E-state index contributed by atoms with van der Waals surface area (Å²) in [5, 5.41) is 7.88. The molecule has 3 aliphatic carbocycles. The minimum absolute atomic E-state index is 0.196. The molecule has 4 aromatic rings. The van der Waals surface area contributed by atoms with Gasteiger partial charge in [0.2, 0.25) is 5.88 Å². The standard InChI is InChI=1S/C39H45N7O4S/c1-37(2)24-27-10-7-19-40-31-11-6-12-33(41-31)51(48,49)44-36(47)29-23-28(22-26-8-4-3-5-9-26)34(42-35(29)45(37)25-27)46-20-13-32(43-46)50-21-14-30-38(15-16-38)39(30)17-18-39/h3-6,8-9,11-13,20,23,27,30H,7,10,14-19,21-22,24-25H2,1-2H3,(H,40,41)(H,44,47)/t27-/m0/s1. The molecule has 11 nitrogen and oxygen atoms in total. The topological polar surface area (TPSA) is 131 Å². The molecule has 3 saturated carbocycles. The Morgan fingerprint density at radius 1 is 0.961 bits per heavy atom. The summed E-state index contributed by atoms with van der Waals surface area (Å²) in [6, 6.07) is 18.4. The second kappa shape index (κ2) is 11.8. The second-order valence-electron chi connectivity index (χ2n) is 16.0. The number of fused-ring (bicyclic) bond motifs is 7. The Hall–Kier alpha value is -4.45. The van der Waals surface area contributed by atoms with Gasteiger partial charge in [-0.1, -0.05) is 36.4 Å². The summed E-state index contributed by atoms with van der Waals surface area (Å²) in [6.45, 7) is 6.32. The third-order valence-corrected chi connectivity index (χ3v) is 13.6. The minimum atomic E-state index is -4.29. The zero-order chi connectivity index (χ0) is 35.0. The molecule has 5 aliphatic rings. The molecular formula is C39H45N7O4S. The molecule has 2 spiro atoms. The lowest BCUT2D eigenvalue weighted by atomic mass is 9.93. The molecule has 2 aliphatic heterocycles. The normalized spacial score (nSPS) is 23.5. The van der Waals surface area contributed by atoms with Crippen LogP contribution in [0.4, 0.5) is 11.6 Å². The number of nitrogens with one attached hydrogen (secondary N) is 2. The van der Waals surface area contributed by atoms with E-state index in [1.54, 1.807) is 22.9 Å². The first-order valence-corrected chi connectivity index (χ1v) is 19.9. The van der Waals surface area contributed by atoms with Crippen LogP contribution >= 0.6 is 0 Å². The van der Waals surface area contributed by atoms with Gasteiger partial charge in [-0.3, -0.25) is 4.79 Å². The van der Waals surface area contributed by atoms with Crippen LogP contribution in [0.1, 0.15) is 86.7 Å². The van der Waals surface area contributed by atoms with Crippen LogP contribution in [0.15, 0.2) is 71.9 Å². The molecule has 51 heavy (non-hydrogen) atoms. The highest BCUT2D eigenvalue weighted by Crippen LogP contribution is 2.93. The third-order valence-electron chi connectivity index (χ3n) is 12.3. The Labute approximate surface area is 299 Å². The molecule has 1 aromatic carbocycles. The summed E-state index contributed by atoms with van der Waals surface area (Å²) < 4.78 is 37.5. The molecule has 1 amide bonds. The van der Waals surface area contributed by atoms with Crippen molar-refractivity contribution < 1.29 is 17.9 Å². The van der Waals surface area contributed by atoms with Crippen molar-refractivity contribution in [2.45, 2.75) is 82.2 Å². The molecular weight excluding hydrogens is 663 g/mol. The van der Waals surface area contributed by atoms with Crippen molar-refractivity contribution in [3.8, 4) is 11.7 Å². The maximum atomic E-state index is 14.2. The van der Waals surface area contributed by atoms with Crippen LogP contribution in [0.3, 0.4) is 0 Å². The number of sulfonamides is 1. The van der Waals surface area contributed by atoms with E-state index in [2.05, 4.69) is 33.8 Å². The van der Waals surface area contributed by atoms with Gasteiger partial charge in [0.25, 0.3) is 15.9 Å². The predicted octanol–water partition coefficient (Wildman–Crippen LogP) is 6.14. The molecule has 1 atom stereocenters. The summed E-state index contributed by atoms with van der Waals surface area (Å²) in [5.74, 6) is 2.43. The van der Waals surface area contributed by atoms with Gasteiger partial charge >= 0.3 is 0 Å². The molecule has 266 valence electrons. The van der Waals surface area contributed by atoms with Crippen LogP contribution in [0.2, 0.25) is 0 Å². The monoisotopic (exact) mass is 707 g/mol. The molecule has 12 heteroatoms. The number of pyridine rings is 2. The van der Waals surface area contributed by atoms with Crippen molar-refractivity contribution in [1.82, 2.24) is 24.5 Å². The van der Waals surface area contributed by atoms with E-state index in [1.165, 1.54) is 31.7 Å². The van der Waals surface area contributed by atoms with Crippen molar-refractivity contribution in [1.29, 1.82) is 0 Å². The lowest BCUT2D eigenvalue weighted by molar-refractivity contribution is 0.0981. The molecule has 2 N–H and O–H groups in total. The zero-order valence-electron chi connectivity index (χ0n) is 29.3. The van der Waals surface area contributed by atoms with Crippen molar-refractivity contribution in [3.05, 3.63) is 83.6 Å². The highest BCUT2D eigenvalue weighted by Gasteiger charge is 2.85. The van der Waals surface area contributed by atoms with Crippen LogP contribution in [-0.4, -0.2) is 59.3 Å². The summed E-state index contributed by atoms with van der Waals surface area (Å²) in [7, 11) is -4.29. The van der Waals surface area contributed by atoms with E-state index in [0.717, 1.165) is 42.7 Å². The van der Waals surface area contributed by atoms with E-state index in [1.807, 2.05) is 42.6 Å². The lowest BCUT2D eigenvalue weighted by Gasteiger charge is -2.34. The van der Waals surface area contributed by atoms with Gasteiger partial charge in [-0.25, -0.2) is 19.4 Å². The first-order chi connectivity index (χ1) is 24.6. The first kappa shape index (κ1) is 32.5. The van der Waals surface area contributed by atoms with Gasteiger partial charge in [-0.2, -0.15) is 8.42 Å². The largest absolute Gasteiger partial charge is 0.477 e. The van der Waals surface area contributed by atoms with Gasteiger partial charge in [0.05, 0.1) is 12.2 Å². The SMILES string of the molecule is CC1(C)C[C@@H]2CCCNc3cccc(n3)S(=O)(=O)NC(=O)c3cc(Cc4ccccc4)c(-n4ccc(OCCC5C6(CC6)C56CC6)n4)nc3N1C2. The quantitative estimate of drug-likeness (QED) is 0.233. The van der Waals surface area contributed by atoms with Crippen molar-refractivity contribution in [2.24, 2.45) is 22.7 Å². The maximum Gasteiger partial charge on any atom is 0.281 e. The fourth-order valence-electron chi connectivity index (χ4n) is 9.64. The maximum absolute atomic E-state index is 14.2. The first-order valence-electron chi connectivity index (χ1n) is 18.4. The lowest BCUT2D eigenvalue weighted by Crippen LogP contribution is -2.41. The molecule has 5 heterocycles. The molecule has 0 radical (unpaired) electrons. The molecule has 1 saturated heterocycles. The van der Waals surface area contributed by atoms with Gasteiger partial charge in [0.15, 0.2) is 10.8 Å². The number of carbonyl (C=O) groups excluding carboxylic acids is 1. The number of rotatable bonds is 7. The Balaban J connectivity index is 1.10. The van der Waals surface area contributed by atoms with E-state index in [-0.39, 0.29) is 16.1 Å². The zero-order valence-corrected chi connectivity index (χ0v) is 30.1. The van der Waals surface area contributed by atoms with Crippen LogP contribution in [0.25, 0.3) is 5.82 Å².